The summed E-state index contributed by atoms with van der Waals surface area (Å²) in [4.78, 5) is 16.0. The molecular weight excluding hydrogens is 204 g/mol. The average Bonchev–Trinajstić information content (AvgIpc) is 2.27. The molecule has 1 amide bonds. The number of nitrogens with two attached hydrogens (primary N) is 1. The molecule has 0 aromatic heterocycles. The topological polar surface area (TPSA) is 61.6 Å². The van der Waals surface area contributed by atoms with E-state index in [0.29, 0.717) is 25.7 Å². The Bertz CT molecular complexity index is 212. The summed E-state index contributed by atoms with van der Waals surface area (Å²) in [6, 6.07) is 0.670. The molecule has 0 saturated carbocycles. The third-order valence-electron chi connectivity index (χ3n) is 3.12. The molecule has 16 heavy (non-hydrogen) atoms. The Labute approximate surface area is 98.0 Å². The second-order valence-corrected chi connectivity index (χ2v) is 4.61. The van der Waals surface area contributed by atoms with Gasteiger partial charge in [0.25, 0.3) is 0 Å². The van der Waals surface area contributed by atoms with Crippen molar-refractivity contribution in [2.75, 3.05) is 46.8 Å². The van der Waals surface area contributed by atoms with Gasteiger partial charge in [-0.15, -0.1) is 0 Å². The second-order valence-electron chi connectivity index (χ2n) is 4.61. The number of piperidine rings is 1. The van der Waals surface area contributed by atoms with E-state index in [1.54, 1.807) is 0 Å². The molecule has 0 unspecified atom stereocenters. The lowest BCUT2D eigenvalue weighted by Gasteiger charge is -2.34. The molecule has 1 fully saturated rings. The zero-order valence-electron chi connectivity index (χ0n) is 10.4. The van der Waals surface area contributed by atoms with E-state index in [4.69, 9.17) is 5.73 Å². The normalized spacial score (nSPS) is 19.0. The minimum Gasteiger partial charge on any atom is -0.354 e. The lowest BCUT2D eigenvalue weighted by molar-refractivity contribution is -0.122. The first kappa shape index (κ1) is 13.4. The Morgan fingerprint density at radius 3 is 2.56 bits per heavy atom. The molecule has 5 heteroatoms. The first-order valence-corrected chi connectivity index (χ1v) is 5.99. The fourth-order valence-electron chi connectivity index (χ4n) is 2.06. The average molecular weight is 228 g/mol. The molecule has 1 aliphatic heterocycles. The summed E-state index contributed by atoms with van der Waals surface area (Å²) in [5.41, 5.74) is 5.33. The van der Waals surface area contributed by atoms with Gasteiger partial charge in [-0.05, 0) is 26.9 Å². The molecule has 1 heterocycles. The third-order valence-corrected chi connectivity index (χ3v) is 3.12. The van der Waals surface area contributed by atoms with E-state index >= 15 is 0 Å². The van der Waals surface area contributed by atoms with Gasteiger partial charge in [-0.3, -0.25) is 9.69 Å². The number of carbonyl (C=O) groups excluding carboxylic acids is 1. The Kier molecular flexibility index (Phi) is 5.73. The lowest BCUT2D eigenvalue weighted by atomic mass is 10.0. The number of hydrogen-bond acceptors (Lipinski definition) is 4. The van der Waals surface area contributed by atoms with E-state index in [1.807, 2.05) is 0 Å². The summed E-state index contributed by atoms with van der Waals surface area (Å²) in [5.74, 6) is 0.0914. The van der Waals surface area contributed by atoms with Gasteiger partial charge in [0.15, 0.2) is 0 Å². The lowest BCUT2D eigenvalue weighted by Crippen LogP contribution is -2.46. The SMILES string of the molecule is CN(C)C1CCN(CC(=O)NCCN)CC1. The van der Waals surface area contributed by atoms with Crippen molar-refractivity contribution in [1.82, 2.24) is 15.1 Å². The van der Waals surface area contributed by atoms with E-state index in [9.17, 15) is 4.79 Å². The van der Waals surface area contributed by atoms with Gasteiger partial charge < -0.3 is 16.0 Å². The minimum atomic E-state index is 0.0914. The molecule has 94 valence electrons. The largest absolute Gasteiger partial charge is 0.354 e. The zero-order chi connectivity index (χ0) is 12.0. The number of carbonyl (C=O) groups is 1. The van der Waals surface area contributed by atoms with Crippen LogP contribution in [0.3, 0.4) is 0 Å². The highest BCUT2D eigenvalue weighted by Gasteiger charge is 2.21. The van der Waals surface area contributed by atoms with E-state index in [0.717, 1.165) is 25.9 Å². The first-order valence-electron chi connectivity index (χ1n) is 5.99. The van der Waals surface area contributed by atoms with Gasteiger partial charge in [0.2, 0.25) is 5.91 Å². The minimum absolute atomic E-state index is 0.0914. The monoisotopic (exact) mass is 228 g/mol. The first-order chi connectivity index (χ1) is 7.63. The van der Waals surface area contributed by atoms with Gasteiger partial charge in [0, 0.05) is 32.2 Å². The summed E-state index contributed by atoms with van der Waals surface area (Å²) in [6.07, 6.45) is 2.30. The van der Waals surface area contributed by atoms with Crippen LogP contribution in [0, 0.1) is 0 Å². The molecule has 1 saturated heterocycles. The molecule has 1 rings (SSSR count). The van der Waals surface area contributed by atoms with Crippen LogP contribution in [0.5, 0.6) is 0 Å². The van der Waals surface area contributed by atoms with Gasteiger partial charge in [0.1, 0.15) is 0 Å². The van der Waals surface area contributed by atoms with Gasteiger partial charge in [-0.2, -0.15) is 0 Å². The smallest absolute Gasteiger partial charge is 0.234 e. The van der Waals surface area contributed by atoms with Crippen LogP contribution < -0.4 is 11.1 Å². The number of amides is 1. The fourth-order valence-corrected chi connectivity index (χ4v) is 2.06. The maximum absolute atomic E-state index is 11.5. The molecular formula is C11H24N4O. The summed E-state index contributed by atoms with van der Waals surface area (Å²) in [6.45, 7) is 3.62. The van der Waals surface area contributed by atoms with Crippen LogP contribution in [0.2, 0.25) is 0 Å². The van der Waals surface area contributed by atoms with Crippen molar-refractivity contribution >= 4 is 5.91 Å². The van der Waals surface area contributed by atoms with Crippen LogP contribution in [0.4, 0.5) is 0 Å². The van der Waals surface area contributed by atoms with Crippen LogP contribution in [0.25, 0.3) is 0 Å². The van der Waals surface area contributed by atoms with E-state index < -0.39 is 0 Å². The van der Waals surface area contributed by atoms with Crippen molar-refractivity contribution in [2.24, 2.45) is 5.73 Å². The van der Waals surface area contributed by atoms with Crippen molar-refractivity contribution in [3.05, 3.63) is 0 Å². The molecule has 1 aliphatic rings. The van der Waals surface area contributed by atoms with Gasteiger partial charge in [-0.1, -0.05) is 0 Å². The second kappa shape index (κ2) is 6.83. The van der Waals surface area contributed by atoms with E-state index in [2.05, 4.69) is 29.2 Å². The third kappa shape index (κ3) is 4.47. The quantitative estimate of drug-likeness (QED) is 0.639. The highest BCUT2D eigenvalue weighted by atomic mass is 16.2. The Balaban J connectivity index is 2.19. The van der Waals surface area contributed by atoms with Crippen molar-refractivity contribution in [1.29, 1.82) is 0 Å². The van der Waals surface area contributed by atoms with Crippen molar-refractivity contribution in [2.45, 2.75) is 18.9 Å². The van der Waals surface area contributed by atoms with E-state index in [1.165, 1.54) is 0 Å². The molecule has 0 atom stereocenters. The van der Waals surface area contributed by atoms with Crippen LogP contribution in [0.1, 0.15) is 12.8 Å². The molecule has 0 aromatic carbocycles. The Hall–Kier alpha value is -0.650. The summed E-state index contributed by atoms with van der Waals surface area (Å²) in [7, 11) is 4.24. The maximum Gasteiger partial charge on any atom is 0.234 e. The summed E-state index contributed by atoms with van der Waals surface area (Å²) >= 11 is 0. The van der Waals surface area contributed by atoms with Crippen LogP contribution in [-0.2, 0) is 4.79 Å². The summed E-state index contributed by atoms with van der Waals surface area (Å²) in [5, 5.41) is 2.80. The highest BCUT2D eigenvalue weighted by molar-refractivity contribution is 5.77. The molecule has 0 bridgehead atoms. The Morgan fingerprint density at radius 1 is 1.44 bits per heavy atom. The predicted molar refractivity (Wildman–Crippen MR) is 65.2 cm³/mol. The van der Waals surface area contributed by atoms with Crippen LogP contribution in [0.15, 0.2) is 0 Å². The van der Waals surface area contributed by atoms with Gasteiger partial charge in [0.05, 0.1) is 6.54 Å². The molecule has 0 aromatic rings. The van der Waals surface area contributed by atoms with Gasteiger partial charge in [-0.25, -0.2) is 0 Å². The molecule has 5 nitrogen and oxygen atoms in total. The number of hydrogen-bond donors (Lipinski definition) is 2. The molecule has 0 radical (unpaired) electrons. The van der Waals surface area contributed by atoms with Crippen LogP contribution >= 0.6 is 0 Å². The van der Waals surface area contributed by atoms with Crippen molar-refractivity contribution in [3.8, 4) is 0 Å². The zero-order valence-corrected chi connectivity index (χ0v) is 10.4. The van der Waals surface area contributed by atoms with Crippen LogP contribution in [-0.4, -0.2) is 68.6 Å². The predicted octanol–water partition coefficient (Wildman–Crippen LogP) is -0.913. The maximum atomic E-state index is 11.5. The number of nitrogens with zero attached hydrogens (tertiary/aromatic N) is 2. The standard InChI is InChI=1S/C11H24N4O/c1-14(2)10-3-7-15(8-4-10)9-11(16)13-6-5-12/h10H,3-9,12H2,1-2H3,(H,13,16). The van der Waals surface area contributed by atoms with Crippen molar-refractivity contribution < 1.29 is 4.79 Å². The van der Waals surface area contributed by atoms with E-state index in [-0.39, 0.29) is 5.91 Å². The number of nitrogens with one attached hydrogen (secondary N) is 1. The number of likely N-dealkylation sites (tertiary alicyclic amines) is 1. The summed E-state index contributed by atoms with van der Waals surface area (Å²) < 4.78 is 0. The van der Waals surface area contributed by atoms with Crippen molar-refractivity contribution in [3.63, 3.8) is 0 Å². The highest BCUT2D eigenvalue weighted by Crippen LogP contribution is 2.13. The van der Waals surface area contributed by atoms with Gasteiger partial charge >= 0.3 is 0 Å². The fraction of sp³-hybridized carbons (Fsp3) is 0.909. The molecule has 0 aliphatic carbocycles. The number of rotatable bonds is 5. The Morgan fingerprint density at radius 2 is 2.06 bits per heavy atom. The molecule has 3 N–H and O–H groups in total. The molecule has 0 spiro atoms.